The Morgan fingerprint density at radius 2 is 2.00 bits per heavy atom. The molecule has 5 heteroatoms. The highest BCUT2D eigenvalue weighted by Crippen LogP contribution is 2.26. The van der Waals surface area contributed by atoms with Crippen LogP contribution in [-0.4, -0.2) is 18.5 Å². The van der Waals surface area contributed by atoms with Gasteiger partial charge in [0.1, 0.15) is 5.82 Å². The predicted molar refractivity (Wildman–Crippen MR) is 88.8 cm³/mol. The molecule has 2 aromatic rings. The van der Waals surface area contributed by atoms with E-state index in [4.69, 9.17) is 17.3 Å². The van der Waals surface area contributed by atoms with Crippen molar-refractivity contribution < 1.29 is 4.39 Å². The first-order valence-corrected chi connectivity index (χ1v) is 7.78. The van der Waals surface area contributed by atoms with Crippen LogP contribution in [0.25, 0.3) is 0 Å². The zero-order chi connectivity index (χ0) is 15.4. The molecule has 0 saturated heterocycles. The van der Waals surface area contributed by atoms with Crippen molar-refractivity contribution in [1.29, 1.82) is 0 Å². The molecule has 0 aliphatic carbocycles. The van der Waals surface area contributed by atoms with Crippen molar-refractivity contribution >= 4 is 27.5 Å². The average molecular weight is 372 g/mol. The van der Waals surface area contributed by atoms with E-state index < -0.39 is 5.82 Å². The Kier molecular flexibility index (Phi) is 5.76. The predicted octanol–water partition coefficient (Wildman–Crippen LogP) is 4.37. The number of likely N-dealkylation sites (N-methyl/N-ethyl adjacent to an activating group) is 1. The van der Waals surface area contributed by atoms with Gasteiger partial charge in [-0.2, -0.15) is 0 Å². The molecule has 1 unspecified atom stereocenters. The van der Waals surface area contributed by atoms with Gasteiger partial charge >= 0.3 is 0 Å². The minimum absolute atomic E-state index is 0.0183. The molecule has 2 nitrogen and oxygen atoms in total. The van der Waals surface area contributed by atoms with Crippen molar-refractivity contribution in [3.63, 3.8) is 0 Å². The van der Waals surface area contributed by atoms with E-state index in [0.29, 0.717) is 6.54 Å². The lowest BCUT2D eigenvalue weighted by molar-refractivity contribution is 0.241. The molecule has 0 fully saturated rings. The molecule has 0 spiro atoms. The molecule has 0 radical (unpaired) electrons. The summed E-state index contributed by atoms with van der Waals surface area (Å²) >= 11 is 9.41. The van der Waals surface area contributed by atoms with Gasteiger partial charge in [-0.25, -0.2) is 4.39 Å². The fourth-order valence-electron chi connectivity index (χ4n) is 2.30. The van der Waals surface area contributed by atoms with Crippen LogP contribution in [0, 0.1) is 5.82 Å². The van der Waals surface area contributed by atoms with Crippen molar-refractivity contribution in [2.24, 2.45) is 5.73 Å². The van der Waals surface area contributed by atoms with E-state index >= 15 is 0 Å². The molecule has 21 heavy (non-hydrogen) atoms. The smallest absolute Gasteiger partial charge is 0.141 e. The van der Waals surface area contributed by atoms with Crippen molar-refractivity contribution in [3.8, 4) is 0 Å². The Morgan fingerprint density at radius 1 is 1.29 bits per heavy atom. The summed E-state index contributed by atoms with van der Waals surface area (Å²) in [5.41, 5.74) is 7.98. The van der Waals surface area contributed by atoms with Gasteiger partial charge in [0.15, 0.2) is 0 Å². The van der Waals surface area contributed by atoms with Crippen LogP contribution < -0.4 is 5.73 Å². The third-order valence-electron chi connectivity index (χ3n) is 3.46. The van der Waals surface area contributed by atoms with E-state index in [1.807, 2.05) is 25.2 Å². The maximum Gasteiger partial charge on any atom is 0.141 e. The van der Waals surface area contributed by atoms with Gasteiger partial charge in [0, 0.05) is 23.6 Å². The minimum Gasteiger partial charge on any atom is -0.329 e. The number of rotatable bonds is 5. The molecule has 1 atom stereocenters. The first kappa shape index (κ1) is 16.4. The van der Waals surface area contributed by atoms with Gasteiger partial charge in [-0.05, 0) is 36.4 Å². The van der Waals surface area contributed by atoms with Crippen LogP contribution in [0.2, 0.25) is 5.02 Å². The molecule has 2 N–H and O–H groups in total. The summed E-state index contributed by atoms with van der Waals surface area (Å²) in [6.07, 6.45) is 0. The van der Waals surface area contributed by atoms with Gasteiger partial charge in [0.05, 0.1) is 5.02 Å². The summed E-state index contributed by atoms with van der Waals surface area (Å²) in [4.78, 5) is 2.13. The van der Waals surface area contributed by atoms with Gasteiger partial charge in [0.25, 0.3) is 0 Å². The molecule has 0 bridgehead atoms. The van der Waals surface area contributed by atoms with E-state index in [-0.39, 0.29) is 11.1 Å². The average Bonchev–Trinajstić information content (AvgIpc) is 2.46. The second-order valence-corrected chi connectivity index (χ2v) is 6.19. The third kappa shape index (κ3) is 4.04. The topological polar surface area (TPSA) is 29.3 Å². The molecule has 0 amide bonds. The van der Waals surface area contributed by atoms with Crippen LogP contribution in [0.4, 0.5) is 4.39 Å². The first-order chi connectivity index (χ1) is 10.0. The SMILES string of the molecule is CN(Cc1ccccc1Br)C(CN)c1ccc(F)c(Cl)c1. The van der Waals surface area contributed by atoms with Gasteiger partial charge in [-0.1, -0.05) is 51.8 Å². The lowest BCUT2D eigenvalue weighted by Gasteiger charge is -2.28. The monoisotopic (exact) mass is 370 g/mol. The zero-order valence-electron chi connectivity index (χ0n) is 11.7. The van der Waals surface area contributed by atoms with E-state index in [2.05, 4.69) is 26.9 Å². The highest BCUT2D eigenvalue weighted by molar-refractivity contribution is 9.10. The fraction of sp³-hybridized carbons (Fsp3) is 0.250. The second-order valence-electron chi connectivity index (χ2n) is 4.93. The molecule has 0 saturated carbocycles. The number of hydrogen-bond acceptors (Lipinski definition) is 2. The maximum absolute atomic E-state index is 13.3. The van der Waals surface area contributed by atoms with Gasteiger partial charge < -0.3 is 5.73 Å². The molecule has 0 aliphatic rings. The summed E-state index contributed by atoms with van der Waals surface area (Å²) in [6, 6.07) is 12.8. The Balaban J connectivity index is 2.20. The Hall–Kier alpha value is -0.940. The van der Waals surface area contributed by atoms with Gasteiger partial charge in [-0.15, -0.1) is 0 Å². The van der Waals surface area contributed by atoms with Crippen molar-refractivity contribution in [2.75, 3.05) is 13.6 Å². The number of halogens is 3. The lowest BCUT2D eigenvalue weighted by atomic mass is 10.0. The maximum atomic E-state index is 13.3. The number of hydrogen-bond donors (Lipinski definition) is 1. The van der Waals surface area contributed by atoms with E-state index in [1.54, 1.807) is 12.1 Å². The molecule has 112 valence electrons. The van der Waals surface area contributed by atoms with Crippen LogP contribution in [0.1, 0.15) is 17.2 Å². The van der Waals surface area contributed by atoms with E-state index in [1.165, 1.54) is 11.6 Å². The molecule has 2 aromatic carbocycles. The van der Waals surface area contributed by atoms with Crippen molar-refractivity contribution in [1.82, 2.24) is 4.90 Å². The highest BCUT2D eigenvalue weighted by Gasteiger charge is 2.17. The van der Waals surface area contributed by atoms with E-state index in [0.717, 1.165) is 16.6 Å². The summed E-state index contributed by atoms with van der Waals surface area (Å²) < 4.78 is 14.3. The van der Waals surface area contributed by atoms with Crippen LogP contribution in [0.3, 0.4) is 0 Å². The number of nitrogens with two attached hydrogens (primary N) is 1. The normalized spacial score (nSPS) is 12.7. The largest absolute Gasteiger partial charge is 0.329 e. The van der Waals surface area contributed by atoms with Crippen molar-refractivity contribution in [3.05, 3.63) is 68.9 Å². The van der Waals surface area contributed by atoms with Gasteiger partial charge in [-0.3, -0.25) is 4.90 Å². The minimum atomic E-state index is -0.412. The molecule has 0 heterocycles. The number of benzene rings is 2. The molecule has 2 rings (SSSR count). The Morgan fingerprint density at radius 3 is 2.62 bits per heavy atom. The first-order valence-electron chi connectivity index (χ1n) is 6.61. The highest BCUT2D eigenvalue weighted by atomic mass is 79.9. The lowest BCUT2D eigenvalue weighted by Crippen LogP contribution is -2.30. The molecular formula is C16H17BrClFN2. The fourth-order valence-corrected chi connectivity index (χ4v) is 2.89. The Labute approximate surface area is 137 Å². The van der Waals surface area contributed by atoms with Crippen LogP contribution >= 0.6 is 27.5 Å². The standard InChI is InChI=1S/C16H17BrClFN2/c1-21(10-12-4-2-3-5-13(12)17)16(9-20)11-6-7-15(19)14(18)8-11/h2-8,16H,9-10,20H2,1H3. The molecule has 0 aromatic heterocycles. The summed E-state index contributed by atoms with van der Waals surface area (Å²) in [5, 5.41) is 0.125. The third-order valence-corrected chi connectivity index (χ3v) is 4.52. The van der Waals surface area contributed by atoms with Crippen LogP contribution in [0.5, 0.6) is 0 Å². The van der Waals surface area contributed by atoms with Crippen LogP contribution in [-0.2, 0) is 6.54 Å². The Bertz CT molecular complexity index is 621. The van der Waals surface area contributed by atoms with E-state index in [9.17, 15) is 4.39 Å². The molecule has 0 aliphatic heterocycles. The van der Waals surface area contributed by atoms with Crippen LogP contribution in [0.15, 0.2) is 46.9 Å². The van der Waals surface area contributed by atoms with Crippen molar-refractivity contribution in [2.45, 2.75) is 12.6 Å². The summed E-state index contributed by atoms with van der Waals surface area (Å²) in [5.74, 6) is -0.412. The molecular weight excluding hydrogens is 355 g/mol. The summed E-state index contributed by atoms with van der Waals surface area (Å²) in [6.45, 7) is 1.17. The summed E-state index contributed by atoms with van der Waals surface area (Å²) in [7, 11) is 1.99. The van der Waals surface area contributed by atoms with Gasteiger partial charge in [0.2, 0.25) is 0 Å². The number of nitrogens with zero attached hydrogens (tertiary/aromatic N) is 1. The quantitative estimate of drug-likeness (QED) is 0.845. The zero-order valence-corrected chi connectivity index (χ0v) is 14.0. The second kappa shape index (κ2) is 7.36.